The van der Waals surface area contributed by atoms with Crippen molar-refractivity contribution in [1.29, 1.82) is 0 Å². The van der Waals surface area contributed by atoms with E-state index in [-0.39, 0.29) is 12.4 Å². The van der Waals surface area contributed by atoms with Gasteiger partial charge in [-0.1, -0.05) is 55.5 Å². The van der Waals surface area contributed by atoms with Gasteiger partial charge in [-0.05, 0) is 43.3 Å². The highest BCUT2D eigenvalue weighted by Gasteiger charge is 2.08. The maximum atomic E-state index is 13.1. The number of hydrogen-bond donors (Lipinski definition) is 1. The Morgan fingerprint density at radius 1 is 1.00 bits per heavy atom. The van der Waals surface area contributed by atoms with Crippen LogP contribution in [0.4, 0.5) is 4.39 Å². The van der Waals surface area contributed by atoms with Gasteiger partial charge in [-0.2, -0.15) is 0 Å². The molecule has 0 radical (unpaired) electrons. The Morgan fingerprint density at radius 2 is 1.84 bits per heavy atom. The summed E-state index contributed by atoms with van der Waals surface area (Å²) in [5, 5.41) is 4.47. The Balaban J connectivity index is 1.93. The normalized spacial score (nSPS) is 10.9. The quantitative estimate of drug-likeness (QED) is 0.480. The van der Waals surface area contributed by atoms with Crippen molar-refractivity contribution >= 4 is 23.2 Å². The molecule has 0 aromatic heterocycles. The Bertz CT molecular complexity index is 679. The highest BCUT2D eigenvalue weighted by Crippen LogP contribution is 2.25. The van der Waals surface area contributed by atoms with E-state index in [1.807, 2.05) is 12.1 Å². The minimum absolute atomic E-state index is 0.282. The van der Waals surface area contributed by atoms with Gasteiger partial charge in [0.2, 0.25) is 0 Å². The number of unbranched alkanes of at least 4 members (excludes halogenated alkanes) is 3. The van der Waals surface area contributed by atoms with Crippen LogP contribution in [-0.2, 0) is 13.2 Å². The molecule has 0 spiro atoms. The zero-order valence-electron chi connectivity index (χ0n) is 14.5. The molecule has 5 heteroatoms. The van der Waals surface area contributed by atoms with Crippen LogP contribution in [0.3, 0.4) is 0 Å². The van der Waals surface area contributed by atoms with Crippen molar-refractivity contribution in [3.8, 4) is 5.75 Å². The van der Waals surface area contributed by atoms with Gasteiger partial charge in [0.15, 0.2) is 0 Å². The predicted octanol–water partition coefficient (Wildman–Crippen LogP) is 6.38. The standard InChI is InChI=1S/C20H24Cl2FNO/c1-2-3-4-5-10-24-13-16-11-17(21)7-9-20(16)25-14-15-6-8-18(23)12-19(15)22/h6-9,11-12,24H,2-5,10,13-14H2,1H3. The van der Waals surface area contributed by atoms with Crippen LogP contribution in [0.15, 0.2) is 36.4 Å². The summed E-state index contributed by atoms with van der Waals surface area (Å²) in [5.74, 6) is 0.402. The summed E-state index contributed by atoms with van der Waals surface area (Å²) in [7, 11) is 0. The highest BCUT2D eigenvalue weighted by molar-refractivity contribution is 6.31. The highest BCUT2D eigenvalue weighted by atomic mass is 35.5. The summed E-state index contributed by atoms with van der Waals surface area (Å²) in [6, 6.07) is 9.87. The number of benzene rings is 2. The third-order valence-electron chi connectivity index (χ3n) is 3.94. The van der Waals surface area contributed by atoms with Gasteiger partial charge in [-0.25, -0.2) is 4.39 Å². The third-order valence-corrected chi connectivity index (χ3v) is 4.53. The molecule has 0 atom stereocenters. The summed E-state index contributed by atoms with van der Waals surface area (Å²) in [5.41, 5.74) is 1.75. The molecule has 2 aromatic rings. The molecule has 2 rings (SSSR count). The van der Waals surface area contributed by atoms with Crippen LogP contribution in [0.1, 0.15) is 43.7 Å². The van der Waals surface area contributed by atoms with Crippen LogP contribution in [0.25, 0.3) is 0 Å². The van der Waals surface area contributed by atoms with Crippen LogP contribution >= 0.6 is 23.2 Å². The molecule has 0 unspecified atom stereocenters. The van der Waals surface area contributed by atoms with E-state index in [1.165, 1.54) is 31.4 Å². The van der Waals surface area contributed by atoms with Crippen molar-refractivity contribution in [2.45, 2.75) is 45.8 Å². The first kappa shape index (κ1) is 20.0. The van der Waals surface area contributed by atoms with Gasteiger partial charge in [0.25, 0.3) is 0 Å². The first-order chi connectivity index (χ1) is 12.1. The molecule has 2 aromatic carbocycles. The predicted molar refractivity (Wildman–Crippen MR) is 103 cm³/mol. The second-order valence-electron chi connectivity index (χ2n) is 6.01. The van der Waals surface area contributed by atoms with E-state index < -0.39 is 0 Å². The van der Waals surface area contributed by atoms with Gasteiger partial charge in [0, 0.05) is 22.7 Å². The summed E-state index contributed by atoms with van der Waals surface area (Å²) in [4.78, 5) is 0. The SMILES string of the molecule is CCCCCCNCc1cc(Cl)ccc1OCc1ccc(F)cc1Cl. The Kier molecular flexibility index (Phi) is 8.53. The van der Waals surface area contributed by atoms with Crippen molar-refractivity contribution in [2.24, 2.45) is 0 Å². The fraction of sp³-hybridized carbons (Fsp3) is 0.400. The molecule has 1 N–H and O–H groups in total. The summed E-state index contributed by atoms with van der Waals surface area (Å²) in [6.45, 7) is 4.15. The van der Waals surface area contributed by atoms with Crippen LogP contribution < -0.4 is 10.1 Å². The summed E-state index contributed by atoms with van der Waals surface area (Å²) >= 11 is 12.2. The van der Waals surface area contributed by atoms with Crippen LogP contribution in [0.2, 0.25) is 10.0 Å². The lowest BCUT2D eigenvalue weighted by Crippen LogP contribution is -2.15. The average molecular weight is 384 g/mol. The molecule has 0 aliphatic carbocycles. The zero-order chi connectivity index (χ0) is 18.1. The molecule has 0 aliphatic rings. The second kappa shape index (κ2) is 10.6. The molecule has 0 bridgehead atoms. The molecular weight excluding hydrogens is 360 g/mol. The van der Waals surface area contributed by atoms with E-state index in [2.05, 4.69) is 12.2 Å². The average Bonchev–Trinajstić information content (AvgIpc) is 2.58. The topological polar surface area (TPSA) is 21.3 Å². The lowest BCUT2D eigenvalue weighted by Gasteiger charge is -2.13. The molecule has 0 heterocycles. The van der Waals surface area contributed by atoms with E-state index in [9.17, 15) is 4.39 Å². The van der Waals surface area contributed by atoms with Gasteiger partial charge >= 0.3 is 0 Å². The van der Waals surface area contributed by atoms with Crippen molar-refractivity contribution < 1.29 is 9.13 Å². The van der Waals surface area contributed by atoms with Gasteiger partial charge in [-0.3, -0.25) is 0 Å². The van der Waals surface area contributed by atoms with Crippen molar-refractivity contribution in [1.82, 2.24) is 5.32 Å². The van der Waals surface area contributed by atoms with Gasteiger partial charge < -0.3 is 10.1 Å². The van der Waals surface area contributed by atoms with Gasteiger partial charge in [0.1, 0.15) is 18.2 Å². The lowest BCUT2D eigenvalue weighted by atomic mass is 10.1. The summed E-state index contributed by atoms with van der Waals surface area (Å²) < 4.78 is 19.0. The minimum Gasteiger partial charge on any atom is -0.489 e. The molecule has 0 amide bonds. The largest absolute Gasteiger partial charge is 0.489 e. The van der Waals surface area contributed by atoms with E-state index in [0.717, 1.165) is 29.8 Å². The number of nitrogens with one attached hydrogen (secondary N) is 1. The molecular formula is C20H24Cl2FNO. The van der Waals surface area contributed by atoms with Crippen molar-refractivity contribution in [3.05, 3.63) is 63.4 Å². The molecule has 2 nitrogen and oxygen atoms in total. The Hall–Kier alpha value is -1.29. The first-order valence-corrected chi connectivity index (χ1v) is 9.41. The van der Waals surface area contributed by atoms with Crippen LogP contribution in [0.5, 0.6) is 5.75 Å². The maximum absolute atomic E-state index is 13.1. The Labute approximate surface area is 159 Å². The number of hydrogen-bond acceptors (Lipinski definition) is 2. The molecule has 0 aliphatic heterocycles. The molecule has 0 fully saturated rings. The summed E-state index contributed by atoms with van der Waals surface area (Å²) in [6.07, 6.45) is 4.91. The second-order valence-corrected chi connectivity index (χ2v) is 6.86. The fourth-order valence-electron chi connectivity index (χ4n) is 2.52. The molecule has 0 saturated carbocycles. The van der Waals surface area contributed by atoms with Gasteiger partial charge in [0.05, 0.1) is 5.02 Å². The van der Waals surface area contributed by atoms with E-state index in [1.54, 1.807) is 12.1 Å². The molecule has 136 valence electrons. The first-order valence-electron chi connectivity index (χ1n) is 8.66. The van der Waals surface area contributed by atoms with Crippen molar-refractivity contribution in [2.75, 3.05) is 6.54 Å². The molecule has 0 saturated heterocycles. The van der Waals surface area contributed by atoms with E-state index in [0.29, 0.717) is 16.6 Å². The smallest absolute Gasteiger partial charge is 0.124 e. The monoisotopic (exact) mass is 383 g/mol. The van der Waals surface area contributed by atoms with Crippen molar-refractivity contribution in [3.63, 3.8) is 0 Å². The zero-order valence-corrected chi connectivity index (χ0v) is 16.0. The number of ether oxygens (including phenoxy) is 1. The van der Waals surface area contributed by atoms with Crippen LogP contribution in [0, 0.1) is 5.82 Å². The van der Waals surface area contributed by atoms with Gasteiger partial charge in [-0.15, -0.1) is 0 Å². The fourth-order valence-corrected chi connectivity index (χ4v) is 2.94. The van der Waals surface area contributed by atoms with Crippen LogP contribution in [-0.4, -0.2) is 6.54 Å². The minimum atomic E-state index is -0.354. The van der Waals surface area contributed by atoms with E-state index >= 15 is 0 Å². The number of halogens is 3. The molecule has 25 heavy (non-hydrogen) atoms. The maximum Gasteiger partial charge on any atom is 0.124 e. The van der Waals surface area contributed by atoms with E-state index in [4.69, 9.17) is 27.9 Å². The lowest BCUT2D eigenvalue weighted by molar-refractivity contribution is 0.302. The number of rotatable bonds is 10. The Morgan fingerprint density at radius 3 is 2.60 bits per heavy atom. The third kappa shape index (κ3) is 6.85.